The fraction of sp³-hybridized carbons (Fsp3) is 0.889. The molecule has 3 nitrogen and oxygen atoms in total. The second-order valence-corrected chi connectivity index (χ2v) is 2.82. The van der Waals surface area contributed by atoms with Gasteiger partial charge in [0.25, 0.3) is 0 Å². The summed E-state index contributed by atoms with van der Waals surface area (Å²) in [5.74, 6) is 0. The Bertz CT molecular complexity index is 138. The van der Waals surface area contributed by atoms with Crippen LogP contribution in [0.1, 0.15) is 26.7 Å². The highest BCUT2D eigenvalue weighted by atomic mass is 16.3. The maximum Gasteiger partial charge on any atom is 0.0869 e. The third kappa shape index (κ3) is 3.70. The maximum atomic E-state index is 8.75. The SMILES string of the molecule is CCC(CC)N(CC#N)CCO. The van der Waals surface area contributed by atoms with Crippen molar-refractivity contribution in [2.24, 2.45) is 0 Å². The molecule has 0 amide bonds. The van der Waals surface area contributed by atoms with Crippen LogP contribution in [0.25, 0.3) is 0 Å². The molecular weight excluding hydrogens is 152 g/mol. The van der Waals surface area contributed by atoms with Gasteiger partial charge in [-0.15, -0.1) is 0 Å². The zero-order valence-corrected chi connectivity index (χ0v) is 7.95. The third-order valence-corrected chi connectivity index (χ3v) is 2.12. The number of hydrogen-bond acceptors (Lipinski definition) is 3. The van der Waals surface area contributed by atoms with Crippen LogP contribution in [0.3, 0.4) is 0 Å². The van der Waals surface area contributed by atoms with E-state index in [-0.39, 0.29) is 6.61 Å². The van der Waals surface area contributed by atoms with Gasteiger partial charge in [0.2, 0.25) is 0 Å². The highest BCUT2D eigenvalue weighted by Gasteiger charge is 2.12. The smallest absolute Gasteiger partial charge is 0.0869 e. The topological polar surface area (TPSA) is 47.3 Å². The molecule has 0 fully saturated rings. The van der Waals surface area contributed by atoms with Crippen molar-refractivity contribution in [3.8, 4) is 6.07 Å². The molecule has 0 aliphatic heterocycles. The molecule has 0 rings (SSSR count). The van der Waals surface area contributed by atoms with Gasteiger partial charge < -0.3 is 5.11 Å². The summed E-state index contributed by atoms with van der Waals surface area (Å²) in [7, 11) is 0. The third-order valence-electron chi connectivity index (χ3n) is 2.12. The number of aliphatic hydroxyl groups is 1. The van der Waals surface area contributed by atoms with Crippen molar-refractivity contribution in [3.05, 3.63) is 0 Å². The largest absolute Gasteiger partial charge is 0.395 e. The summed E-state index contributed by atoms with van der Waals surface area (Å²) in [6, 6.07) is 2.56. The molecular formula is C9H18N2O. The van der Waals surface area contributed by atoms with Crippen LogP contribution < -0.4 is 0 Å². The Labute approximate surface area is 74.6 Å². The first-order valence-electron chi connectivity index (χ1n) is 4.51. The molecule has 3 heteroatoms. The van der Waals surface area contributed by atoms with Crippen LogP contribution in [0, 0.1) is 11.3 Å². The van der Waals surface area contributed by atoms with Crippen molar-refractivity contribution in [1.29, 1.82) is 5.26 Å². The predicted molar refractivity (Wildman–Crippen MR) is 48.6 cm³/mol. The minimum absolute atomic E-state index is 0.137. The van der Waals surface area contributed by atoms with Gasteiger partial charge in [-0.25, -0.2) is 0 Å². The second-order valence-electron chi connectivity index (χ2n) is 2.82. The molecule has 0 bridgehead atoms. The summed E-state index contributed by atoms with van der Waals surface area (Å²) in [6.07, 6.45) is 2.08. The van der Waals surface area contributed by atoms with Crippen LogP contribution in [0.4, 0.5) is 0 Å². The van der Waals surface area contributed by atoms with Crippen LogP contribution in [0.5, 0.6) is 0 Å². The summed E-state index contributed by atoms with van der Waals surface area (Å²) >= 11 is 0. The molecule has 0 heterocycles. The van der Waals surface area contributed by atoms with E-state index >= 15 is 0 Å². The monoisotopic (exact) mass is 170 g/mol. The zero-order valence-electron chi connectivity index (χ0n) is 7.95. The van der Waals surface area contributed by atoms with Gasteiger partial charge in [0, 0.05) is 12.6 Å². The lowest BCUT2D eigenvalue weighted by molar-refractivity contribution is 0.159. The first kappa shape index (κ1) is 11.4. The molecule has 12 heavy (non-hydrogen) atoms. The molecule has 0 unspecified atom stereocenters. The standard InChI is InChI=1S/C9H18N2O/c1-3-9(4-2)11(6-5-10)7-8-12/h9,12H,3-4,6-8H2,1-2H3. The number of hydrogen-bond donors (Lipinski definition) is 1. The van der Waals surface area contributed by atoms with Gasteiger partial charge in [-0.05, 0) is 12.8 Å². The van der Waals surface area contributed by atoms with Crippen LogP contribution in [-0.4, -0.2) is 35.7 Å². The summed E-state index contributed by atoms with van der Waals surface area (Å²) in [6.45, 7) is 5.39. The van der Waals surface area contributed by atoms with E-state index in [2.05, 4.69) is 19.9 Å². The van der Waals surface area contributed by atoms with Crippen molar-refractivity contribution in [1.82, 2.24) is 4.90 Å². The Morgan fingerprint density at radius 3 is 2.33 bits per heavy atom. The van der Waals surface area contributed by atoms with Crippen LogP contribution in [0.2, 0.25) is 0 Å². The van der Waals surface area contributed by atoms with Crippen molar-refractivity contribution >= 4 is 0 Å². The molecule has 0 aromatic heterocycles. The molecule has 0 radical (unpaired) electrons. The molecule has 0 aromatic carbocycles. The second kappa shape index (κ2) is 7.08. The van der Waals surface area contributed by atoms with E-state index in [1.807, 2.05) is 4.90 Å². The first-order valence-corrected chi connectivity index (χ1v) is 4.51. The van der Waals surface area contributed by atoms with Crippen LogP contribution >= 0.6 is 0 Å². The molecule has 0 saturated heterocycles. The summed E-state index contributed by atoms with van der Waals surface area (Å²) in [5.41, 5.74) is 0. The van der Waals surface area contributed by atoms with Gasteiger partial charge in [0.05, 0.1) is 19.2 Å². The lowest BCUT2D eigenvalue weighted by atomic mass is 10.1. The lowest BCUT2D eigenvalue weighted by Gasteiger charge is -2.26. The average molecular weight is 170 g/mol. The summed E-state index contributed by atoms with van der Waals surface area (Å²) < 4.78 is 0. The van der Waals surface area contributed by atoms with E-state index in [0.717, 1.165) is 12.8 Å². The van der Waals surface area contributed by atoms with E-state index < -0.39 is 0 Å². The fourth-order valence-electron chi connectivity index (χ4n) is 1.42. The molecule has 0 aliphatic carbocycles. The van der Waals surface area contributed by atoms with Crippen molar-refractivity contribution in [3.63, 3.8) is 0 Å². The predicted octanol–water partition coefficient (Wildman–Crippen LogP) is 0.993. The minimum Gasteiger partial charge on any atom is -0.395 e. The van der Waals surface area contributed by atoms with Gasteiger partial charge in [-0.2, -0.15) is 5.26 Å². The number of aliphatic hydroxyl groups excluding tert-OH is 1. The molecule has 1 N–H and O–H groups in total. The molecule has 0 spiro atoms. The molecule has 0 saturated carbocycles. The maximum absolute atomic E-state index is 8.75. The molecule has 0 aromatic rings. The van der Waals surface area contributed by atoms with E-state index in [0.29, 0.717) is 19.1 Å². The van der Waals surface area contributed by atoms with Crippen molar-refractivity contribution in [2.75, 3.05) is 19.7 Å². The Balaban J connectivity index is 3.97. The highest BCUT2D eigenvalue weighted by molar-refractivity contribution is 4.80. The highest BCUT2D eigenvalue weighted by Crippen LogP contribution is 2.06. The quantitative estimate of drug-likeness (QED) is 0.605. The minimum atomic E-state index is 0.137. The van der Waals surface area contributed by atoms with Crippen molar-refractivity contribution in [2.45, 2.75) is 32.7 Å². The number of nitrogens with zero attached hydrogens (tertiary/aromatic N) is 2. The molecule has 0 atom stereocenters. The zero-order chi connectivity index (χ0) is 9.40. The number of nitriles is 1. The van der Waals surface area contributed by atoms with Gasteiger partial charge in [-0.3, -0.25) is 4.90 Å². The Morgan fingerprint density at radius 1 is 1.42 bits per heavy atom. The van der Waals surface area contributed by atoms with E-state index in [1.165, 1.54) is 0 Å². The molecule has 70 valence electrons. The first-order chi connectivity index (χ1) is 5.79. The van der Waals surface area contributed by atoms with Crippen LogP contribution in [0.15, 0.2) is 0 Å². The average Bonchev–Trinajstić information content (AvgIpc) is 2.07. The van der Waals surface area contributed by atoms with E-state index in [4.69, 9.17) is 10.4 Å². The van der Waals surface area contributed by atoms with Crippen LogP contribution in [-0.2, 0) is 0 Å². The molecule has 0 aliphatic rings. The van der Waals surface area contributed by atoms with Gasteiger partial charge in [0.1, 0.15) is 0 Å². The number of rotatable bonds is 6. The summed E-state index contributed by atoms with van der Waals surface area (Å²) in [4.78, 5) is 2.03. The lowest BCUT2D eigenvalue weighted by Crippen LogP contribution is -2.36. The van der Waals surface area contributed by atoms with E-state index in [9.17, 15) is 0 Å². The normalized spacial score (nSPS) is 10.7. The Hall–Kier alpha value is -0.590. The van der Waals surface area contributed by atoms with E-state index in [1.54, 1.807) is 0 Å². The summed E-state index contributed by atoms with van der Waals surface area (Å²) in [5, 5.41) is 17.3. The Kier molecular flexibility index (Phi) is 6.73. The van der Waals surface area contributed by atoms with Gasteiger partial charge >= 0.3 is 0 Å². The van der Waals surface area contributed by atoms with Gasteiger partial charge in [-0.1, -0.05) is 13.8 Å². The Morgan fingerprint density at radius 2 is 2.00 bits per heavy atom. The van der Waals surface area contributed by atoms with Crippen molar-refractivity contribution < 1.29 is 5.11 Å². The fourth-order valence-corrected chi connectivity index (χ4v) is 1.42. The van der Waals surface area contributed by atoms with Gasteiger partial charge in [0.15, 0.2) is 0 Å².